The Morgan fingerprint density at radius 3 is 2.67 bits per heavy atom. The number of urea groups is 1. The Labute approximate surface area is 151 Å². The summed E-state index contributed by atoms with van der Waals surface area (Å²) in [6.07, 6.45) is 3.78. The molecule has 0 spiro atoms. The van der Waals surface area contributed by atoms with Crippen LogP contribution in [0.5, 0.6) is 0 Å². The van der Waals surface area contributed by atoms with E-state index in [1.807, 2.05) is 4.90 Å². The molecule has 2 aliphatic rings. The van der Waals surface area contributed by atoms with Crippen LogP contribution in [0.1, 0.15) is 31.2 Å². The van der Waals surface area contributed by atoms with Crippen molar-refractivity contribution in [3.63, 3.8) is 0 Å². The second kappa shape index (κ2) is 7.19. The molecule has 2 fully saturated rings. The number of hydrogen-bond donors (Lipinski definition) is 2. The molecular weight excluding hydrogens is 349 g/mol. The van der Waals surface area contributed by atoms with Gasteiger partial charge in [0.05, 0.1) is 10.7 Å². The minimum absolute atomic E-state index is 0.0337. The number of rotatable bonds is 3. The van der Waals surface area contributed by atoms with Crippen molar-refractivity contribution in [1.29, 1.82) is 0 Å². The molecule has 0 unspecified atom stereocenters. The summed E-state index contributed by atoms with van der Waals surface area (Å²) >= 11 is 12.2. The van der Waals surface area contributed by atoms with Crippen LogP contribution < -0.4 is 10.6 Å². The fourth-order valence-electron chi connectivity index (χ4n) is 2.99. The second-order valence-corrected chi connectivity index (χ2v) is 7.32. The molecule has 1 aliphatic heterocycles. The van der Waals surface area contributed by atoms with Crippen LogP contribution in [0, 0.1) is 12.8 Å². The van der Waals surface area contributed by atoms with E-state index in [2.05, 4.69) is 10.6 Å². The fourth-order valence-corrected chi connectivity index (χ4v) is 3.40. The Bertz CT molecular complexity index is 661. The standard InChI is InChI=1S/C17H21Cl2N3O2/c1-10-13(18)6-7-14(15(10)19)21-17(24)20-12-3-2-8-22(9-12)16(23)11-4-5-11/h6-7,11-12H,2-5,8-9H2,1H3,(H2,20,21,24)/t12-/m1/s1. The lowest BCUT2D eigenvalue weighted by molar-refractivity contribution is -0.133. The first-order chi connectivity index (χ1) is 11.5. The molecule has 0 radical (unpaired) electrons. The van der Waals surface area contributed by atoms with E-state index < -0.39 is 0 Å². The Hall–Kier alpha value is -1.46. The van der Waals surface area contributed by atoms with Crippen LogP contribution in [0.15, 0.2) is 12.1 Å². The number of nitrogens with zero attached hydrogens (tertiary/aromatic N) is 1. The minimum atomic E-state index is -0.315. The quantitative estimate of drug-likeness (QED) is 0.850. The largest absolute Gasteiger partial charge is 0.340 e. The highest BCUT2D eigenvalue weighted by atomic mass is 35.5. The van der Waals surface area contributed by atoms with E-state index >= 15 is 0 Å². The van der Waals surface area contributed by atoms with Gasteiger partial charge in [0.2, 0.25) is 5.91 Å². The van der Waals surface area contributed by atoms with E-state index in [9.17, 15) is 9.59 Å². The van der Waals surface area contributed by atoms with Crippen LogP contribution in [-0.2, 0) is 4.79 Å². The predicted molar refractivity (Wildman–Crippen MR) is 95.7 cm³/mol. The molecule has 1 saturated heterocycles. The first-order valence-electron chi connectivity index (χ1n) is 8.26. The molecule has 2 N–H and O–H groups in total. The molecule has 1 heterocycles. The lowest BCUT2D eigenvalue weighted by Crippen LogP contribution is -2.50. The first kappa shape index (κ1) is 17.4. The molecule has 5 nitrogen and oxygen atoms in total. The summed E-state index contributed by atoms with van der Waals surface area (Å²) in [5.41, 5.74) is 1.26. The van der Waals surface area contributed by atoms with Crippen LogP contribution >= 0.6 is 23.2 Å². The lowest BCUT2D eigenvalue weighted by atomic mass is 10.1. The van der Waals surface area contributed by atoms with Gasteiger partial charge < -0.3 is 15.5 Å². The van der Waals surface area contributed by atoms with Gasteiger partial charge in [0.1, 0.15) is 0 Å². The van der Waals surface area contributed by atoms with Gasteiger partial charge in [-0.1, -0.05) is 23.2 Å². The number of benzene rings is 1. The van der Waals surface area contributed by atoms with Crippen molar-refractivity contribution in [2.24, 2.45) is 5.92 Å². The SMILES string of the molecule is Cc1c(Cl)ccc(NC(=O)N[C@@H]2CCCN(C(=O)C3CC3)C2)c1Cl. The predicted octanol–water partition coefficient (Wildman–Crippen LogP) is 3.82. The summed E-state index contributed by atoms with van der Waals surface area (Å²) in [5, 5.41) is 6.70. The molecule has 1 aromatic carbocycles. The molecule has 0 bridgehead atoms. The van der Waals surface area contributed by atoms with Crippen LogP contribution in [0.4, 0.5) is 10.5 Å². The van der Waals surface area contributed by atoms with Gasteiger partial charge >= 0.3 is 6.03 Å². The summed E-state index contributed by atoms with van der Waals surface area (Å²) in [6.45, 7) is 3.17. The van der Waals surface area contributed by atoms with E-state index in [1.165, 1.54) is 0 Å². The number of halogens is 2. The van der Waals surface area contributed by atoms with E-state index in [-0.39, 0.29) is 23.9 Å². The molecular formula is C17H21Cl2N3O2. The van der Waals surface area contributed by atoms with Crippen molar-refractivity contribution in [3.05, 3.63) is 27.7 Å². The van der Waals surface area contributed by atoms with Crippen molar-refractivity contribution >= 4 is 40.8 Å². The molecule has 0 aromatic heterocycles. The monoisotopic (exact) mass is 369 g/mol. The van der Waals surface area contributed by atoms with E-state index in [0.29, 0.717) is 22.3 Å². The van der Waals surface area contributed by atoms with Gasteiger partial charge in [-0.25, -0.2) is 4.79 Å². The summed E-state index contributed by atoms with van der Waals surface area (Å²) in [4.78, 5) is 26.3. The Balaban J connectivity index is 1.56. The third-order valence-corrected chi connectivity index (χ3v) is 5.46. The summed E-state index contributed by atoms with van der Waals surface area (Å²) in [6, 6.07) is 3.04. The molecule has 3 amide bonds. The first-order valence-corrected chi connectivity index (χ1v) is 9.02. The zero-order chi connectivity index (χ0) is 17.3. The van der Waals surface area contributed by atoms with Gasteiger partial charge in [-0.3, -0.25) is 4.79 Å². The molecule has 3 rings (SSSR count). The molecule has 1 aromatic rings. The van der Waals surface area contributed by atoms with Crippen LogP contribution in [0.2, 0.25) is 10.0 Å². The van der Waals surface area contributed by atoms with Crippen LogP contribution in [0.25, 0.3) is 0 Å². The zero-order valence-electron chi connectivity index (χ0n) is 13.6. The van der Waals surface area contributed by atoms with E-state index in [1.54, 1.807) is 19.1 Å². The van der Waals surface area contributed by atoms with Crippen LogP contribution in [0.3, 0.4) is 0 Å². The Kier molecular flexibility index (Phi) is 5.21. The molecule has 1 aliphatic carbocycles. The van der Waals surface area contributed by atoms with Gasteiger partial charge in [-0.15, -0.1) is 0 Å². The third-order valence-electron chi connectivity index (χ3n) is 4.56. The normalized spacial score (nSPS) is 20.6. The van der Waals surface area contributed by atoms with Crippen molar-refractivity contribution in [3.8, 4) is 0 Å². The summed E-state index contributed by atoms with van der Waals surface area (Å²) in [5.74, 6) is 0.451. The second-order valence-electron chi connectivity index (χ2n) is 6.53. The average molecular weight is 370 g/mol. The maximum absolute atomic E-state index is 12.2. The average Bonchev–Trinajstić information content (AvgIpc) is 3.40. The highest BCUT2D eigenvalue weighted by Crippen LogP contribution is 2.32. The highest BCUT2D eigenvalue weighted by molar-refractivity contribution is 6.38. The third kappa shape index (κ3) is 3.95. The van der Waals surface area contributed by atoms with Gasteiger partial charge in [0.15, 0.2) is 0 Å². The molecule has 1 saturated carbocycles. The minimum Gasteiger partial charge on any atom is -0.340 e. The van der Waals surface area contributed by atoms with Crippen molar-refractivity contribution < 1.29 is 9.59 Å². The number of likely N-dealkylation sites (tertiary alicyclic amines) is 1. The molecule has 1 atom stereocenters. The topological polar surface area (TPSA) is 61.4 Å². The van der Waals surface area contributed by atoms with E-state index in [4.69, 9.17) is 23.2 Å². The zero-order valence-corrected chi connectivity index (χ0v) is 15.1. The smallest absolute Gasteiger partial charge is 0.319 e. The van der Waals surface area contributed by atoms with Crippen molar-refractivity contribution in [2.45, 2.75) is 38.6 Å². The van der Waals surface area contributed by atoms with Gasteiger partial charge in [-0.05, 0) is 50.3 Å². The van der Waals surface area contributed by atoms with Gasteiger partial charge in [0, 0.05) is 30.1 Å². The number of nitrogens with one attached hydrogen (secondary N) is 2. The number of amides is 3. The molecule has 24 heavy (non-hydrogen) atoms. The fraction of sp³-hybridized carbons (Fsp3) is 0.529. The number of carbonyl (C=O) groups excluding carboxylic acids is 2. The van der Waals surface area contributed by atoms with Gasteiger partial charge in [0.25, 0.3) is 0 Å². The van der Waals surface area contributed by atoms with Crippen molar-refractivity contribution in [1.82, 2.24) is 10.2 Å². The lowest BCUT2D eigenvalue weighted by Gasteiger charge is -2.33. The number of hydrogen-bond acceptors (Lipinski definition) is 2. The van der Waals surface area contributed by atoms with Crippen LogP contribution in [-0.4, -0.2) is 36.0 Å². The number of carbonyl (C=O) groups is 2. The number of piperidine rings is 1. The van der Waals surface area contributed by atoms with E-state index in [0.717, 1.165) is 37.8 Å². The number of anilines is 1. The molecule has 130 valence electrons. The van der Waals surface area contributed by atoms with Gasteiger partial charge in [-0.2, -0.15) is 0 Å². The summed E-state index contributed by atoms with van der Waals surface area (Å²) in [7, 11) is 0. The Morgan fingerprint density at radius 2 is 1.96 bits per heavy atom. The molecule has 7 heteroatoms. The van der Waals surface area contributed by atoms with Crippen molar-refractivity contribution in [2.75, 3.05) is 18.4 Å². The Morgan fingerprint density at radius 1 is 1.21 bits per heavy atom. The summed E-state index contributed by atoms with van der Waals surface area (Å²) < 4.78 is 0. The maximum Gasteiger partial charge on any atom is 0.319 e. The maximum atomic E-state index is 12.2. The highest BCUT2D eigenvalue weighted by Gasteiger charge is 2.35.